The first kappa shape index (κ1) is 13.2. The number of benzene rings is 1. The highest BCUT2D eigenvalue weighted by molar-refractivity contribution is 7.19. The number of alkyl halides is 6. The predicted octanol–water partition coefficient (Wildman–Crippen LogP) is 5.14. The van der Waals surface area contributed by atoms with Crippen molar-refractivity contribution in [3.63, 3.8) is 0 Å². The molecule has 8 heteroatoms. The Morgan fingerprint density at radius 2 is 1.76 bits per heavy atom. The molecule has 0 N–H and O–H groups in total. The van der Waals surface area contributed by atoms with Crippen LogP contribution in [0.1, 0.15) is 10.6 Å². The van der Waals surface area contributed by atoms with Gasteiger partial charge < -0.3 is 0 Å². The van der Waals surface area contributed by atoms with Crippen LogP contribution in [0.4, 0.5) is 13.2 Å². The molecule has 0 fully saturated rings. The fourth-order valence-electron chi connectivity index (χ4n) is 1.23. The van der Waals surface area contributed by atoms with Crippen molar-refractivity contribution >= 4 is 56.4 Å². The van der Waals surface area contributed by atoms with Gasteiger partial charge >= 0.3 is 6.18 Å². The Kier molecular flexibility index (Phi) is 3.23. The van der Waals surface area contributed by atoms with E-state index < -0.39 is 15.5 Å². The van der Waals surface area contributed by atoms with Crippen molar-refractivity contribution in [2.45, 2.75) is 9.97 Å². The maximum absolute atomic E-state index is 12.5. The number of hydrogen-bond donors (Lipinski definition) is 0. The lowest BCUT2D eigenvalue weighted by molar-refractivity contribution is -0.137. The standard InChI is InChI=1S/C9H3Cl3F3NS/c10-8(11,12)7-16-5-3-4(9(13,14)15)1-2-6(5)17-7/h1-3H. The van der Waals surface area contributed by atoms with Crippen molar-refractivity contribution in [2.24, 2.45) is 0 Å². The second kappa shape index (κ2) is 4.16. The smallest absolute Gasteiger partial charge is 0.237 e. The molecule has 0 radical (unpaired) electrons. The van der Waals surface area contributed by atoms with Gasteiger partial charge in [0, 0.05) is 0 Å². The molecule has 0 amide bonds. The monoisotopic (exact) mass is 319 g/mol. The first-order valence-electron chi connectivity index (χ1n) is 4.23. The normalized spacial score (nSPS) is 13.3. The fraction of sp³-hybridized carbons (Fsp3) is 0.222. The molecule has 0 saturated carbocycles. The van der Waals surface area contributed by atoms with Crippen molar-refractivity contribution < 1.29 is 13.2 Å². The molecule has 0 aliphatic rings. The summed E-state index contributed by atoms with van der Waals surface area (Å²) < 4.78 is 36.2. The molecule has 0 unspecified atom stereocenters. The van der Waals surface area contributed by atoms with Gasteiger partial charge in [0.15, 0.2) is 0 Å². The van der Waals surface area contributed by atoms with E-state index in [2.05, 4.69) is 4.98 Å². The van der Waals surface area contributed by atoms with Crippen LogP contribution in [0, 0.1) is 0 Å². The Balaban J connectivity index is 2.56. The molecule has 2 aromatic rings. The zero-order valence-electron chi connectivity index (χ0n) is 7.86. The van der Waals surface area contributed by atoms with E-state index in [1.165, 1.54) is 6.07 Å². The maximum atomic E-state index is 12.5. The van der Waals surface area contributed by atoms with E-state index >= 15 is 0 Å². The summed E-state index contributed by atoms with van der Waals surface area (Å²) >= 11 is 17.9. The number of hydrogen-bond acceptors (Lipinski definition) is 2. The molecular formula is C9H3Cl3F3NS. The molecule has 1 aromatic heterocycles. The van der Waals surface area contributed by atoms with E-state index in [9.17, 15) is 13.2 Å². The summed E-state index contributed by atoms with van der Waals surface area (Å²) in [5.74, 6) is 0. The molecule has 17 heavy (non-hydrogen) atoms. The van der Waals surface area contributed by atoms with Crippen molar-refractivity contribution in [1.29, 1.82) is 0 Å². The van der Waals surface area contributed by atoms with Gasteiger partial charge in [0.1, 0.15) is 5.01 Å². The molecule has 2 rings (SSSR count). The molecule has 0 bridgehead atoms. The number of rotatable bonds is 0. The molecule has 0 saturated heterocycles. The Labute approximate surface area is 113 Å². The Morgan fingerprint density at radius 1 is 1.12 bits per heavy atom. The van der Waals surface area contributed by atoms with Gasteiger partial charge in [-0.1, -0.05) is 34.8 Å². The Morgan fingerprint density at radius 3 is 2.29 bits per heavy atom. The van der Waals surface area contributed by atoms with E-state index in [0.717, 1.165) is 23.5 Å². The fourth-order valence-corrected chi connectivity index (χ4v) is 2.51. The summed E-state index contributed by atoms with van der Waals surface area (Å²) in [6, 6.07) is 3.23. The van der Waals surface area contributed by atoms with Crippen molar-refractivity contribution in [1.82, 2.24) is 4.98 Å². The average Bonchev–Trinajstić information content (AvgIpc) is 2.57. The van der Waals surface area contributed by atoms with E-state index in [4.69, 9.17) is 34.8 Å². The molecular weight excluding hydrogens is 318 g/mol. The van der Waals surface area contributed by atoms with Gasteiger partial charge in [-0.25, -0.2) is 4.98 Å². The molecule has 0 aliphatic heterocycles. The minimum atomic E-state index is -4.40. The first-order valence-corrected chi connectivity index (χ1v) is 6.18. The third-order valence-corrected chi connectivity index (χ3v) is 3.99. The summed E-state index contributed by atoms with van der Waals surface area (Å²) in [7, 11) is 0. The van der Waals surface area contributed by atoms with Crippen LogP contribution in [-0.2, 0) is 9.97 Å². The lowest BCUT2D eigenvalue weighted by Crippen LogP contribution is -2.04. The van der Waals surface area contributed by atoms with E-state index in [0.29, 0.717) is 4.70 Å². The highest BCUT2D eigenvalue weighted by Gasteiger charge is 2.32. The van der Waals surface area contributed by atoms with Gasteiger partial charge in [-0.05, 0) is 18.2 Å². The highest BCUT2D eigenvalue weighted by Crippen LogP contribution is 2.42. The molecule has 0 atom stereocenters. The van der Waals surface area contributed by atoms with Crippen molar-refractivity contribution in [3.8, 4) is 0 Å². The van der Waals surface area contributed by atoms with Gasteiger partial charge in [-0.2, -0.15) is 13.2 Å². The number of thiazole rings is 1. The SMILES string of the molecule is FC(F)(F)c1ccc2sc(C(Cl)(Cl)Cl)nc2c1. The maximum Gasteiger partial charge on any atom is 0.416 e. The zero-order chi connectivity index (χ0) is 12.8. The summed E-state index contributed by atoms with van der Waals surface area (Å²) in [5, 5.41) is 0.150. The Bertz CT molecular complexity index is 547. The van der Waals surface area contributed by atoms with Gasteiger partial charge in [0.2, 0.25) is 3.79 Å². The second-order valence-corrected chi connectivity index (χ2v) is 6.51. The summed E-state index contributed by atoms with van der Waals surface area (Å²) in [4.78, 5) is 3.88. The lowest BCUT2D eigenvalue weighted by Gasteiger charge is -2.05. The molecule has 1 heterocycles. The lowest BCUT2D eigenvalue weighted by atomic mass is 10.2. The topological polar surface area (TPSA) is 12.9 Å². The number of nitrogens with zero attached hydrogens (tertiary/aromatic N) is 1. The minimum Gasteiger partial charge on any atom is -0.237 e. The largest absolute Gasteiger partial charge is 0.416 e. The molecule has 0 spiro atoms. The minimum absolute atomic E-state index is 0.150. The number of aromatic nitrogens is 1. The molecule has 1 nitrogen and oxygen atoms in total. The van der Waals surface area contributed by atoms with Crippen LogP contribution in [0.15, 0.2) is 18.2 Å². The number of halogens is 6. The van der Waals surface area contributed by atoms with Crippen LogP contribution in [0.3, 0.4) is 0 Å². The van der Waals surface area contributed by atoms with Gasteiger partial charge in [0.25, 0.3) is 0 Å². The average molecular weight is 321 g/mol. The van der Waals surface area contributed by atoms with Crippen LogP contribution in [0.5, 0.6) is 0 Å². The van der Waals surface area contributed by atoms with Crippen molar-refractivity contribution in [3.05, 3.63) is 28.8 Å². The van der Waals surface area contributed by atoms with E-state index in [1.807, 2.05) is 0 Å². The zero-order valence-corrected chi connectivity index (χ0v) is 10.9. The highest BCUT2D eigenvalue weighted by atomic mass is 35.6. The van der Waals surface area contributed by atoms with Gasteiger partial charge in [0.05, 0.1) is 15.8 Å². The predicted molar refractivity (Wildman–Crippen MR) is 63.9 cm³/mol. The van der Waals surface area contributed by atoms with E-state index in [-0.39, 0.29) is 10.5 Å². The Hall–Kier alpha value is -0.230. The quantitative estimate of drug-likeness (QED) is 0.612. The third-order valence-electron chi connectivity index (χ3n) is 1.96. The van der Waals surface area contributed by atoms with E-state index in [1.54, 1.807) is 0 Å². The molecule has 92 valence electrons. The summed E-state index contributed by atoms with van der Waals surface area (Å²) in [6.07, 6.45) is -4.40. The summed E-state index contributed by atoms with van der Waals surface area (Å²) in [6.45, 7) is 0. The second-order valence-electron chi connectivity index (χ2n) is 3.20. The third kappa shape index (κ3) is 2.78. The summed E-state index contributed by atoms with van der Waals surface area (Å²) in [5.41, 5.74) is -0.600. The van der Waals surface area contributed by atoms with Crippen LogP contribution in [0.2, 0.25) is 0 Å². The van der Waals surface area contributed by atoms with Crippen LogP contribution < -0.4 is 0 Å². The first-order chi connectivity index (χ1) is 7.68. The van der Waals surface area contributed by atoms with Crippen LogP contribution in [0.25, 0.3) is 10.2 Å². The van der Waals surface area contributed by atoms with Crippen molar-refractivity contribution in [2.75, 3.05) is 0 Å². The van der Waals surface area contributed by atoms with Gasteiger partial charge in [-0.3, -0.25) is 0 Å². The molecule has 0 aliphatic carbocycles. The molecule has 1 aromatic carbocycles. The van der Waals surface area contributed by atoms with Gasteiger partial charge in [-0.15, -0.1) is 11.3 Å². The van der Waals surface area contributed by atoms with Crippen LogP contribution >= 0.6 is 46.1 Å². The number of fused-ring (bicyclic) bond motifs is 1. The van der Waals surface area contributed by atoms with Crippen LogP contribution in [-0.4, -0.2) is 4.98 Å².